The second-order valence-electron chi connectivity index (χ2n) is 14.1. The zero-order valence-electron chi connectivity index (χ0n) is 39.9. The fourth-order valence-corrected chi connectivity index (χ4v) is 8.83. The number of nitrogens with two attached hydrogens (primary N) is 1. The van der Waals surface area contributed by atoms with Crippen LogP contribution in [0.1, 0.15) is 51.8 Å². The van der Waals surface area contributed by atoms with Gasteiger partial charge in [-0.1, -0.05) is 0 Å². The minimum Gasteiger partial charge on any atom is -0.477 e. The van der Waals surface area contributed by atoms with Gasteiger partial charge in [0.15, 0.2) is 17.5 Å². The van der Waals surface area contributed by atoms with Crippen molar-refractivity contribution in [1.29, 1.82) is 0 Å². The van der Waals surface area contributed by atoms with Gasteiger partial charge in [0.05, 0.1) is 61.3 Å². The number of carboxylic acid groups (broad SMARTS) is 2. The first-order valence-electron chi connectivity index (χ1n) is 19.5. The number of halogens is 10. The molecule has 0 aliphatic rings. The third-order valence-corrected chi connectivity index (χ3v) is 12.3. The zero-order valence-corrected chi connectivity index (χ0v) is 42.4. The molecule has 0 saturated heterocycles. The molecule has 5 rings (SSSR count). The molecule has 0 spiro atoms. The van der Waals surface area contributed by atoms with Crippen LogP contribution in [0.15, 0.2) is 60.7 Å². The van der Waals surface area contributed by atoms with Crippen molar-refractivity contribution in [2.45, 2.75) is 0 Å². The number of nitrogen functional groups attached to an aromatic ring is 1. The Hall–Kier alpha value is -9.20. The van der Waals surface area contributed by atoms with E-state index in [9.17, 15) is 113 Å². The molecule has 0 radical (unpaired) electrons. The molecular formula is C41H33F10N5O20S3. The van der Waals surface area contributed by atoms with Crippen LogP contribution in [-0.2, 0) is 44.3 Å². The minimum atomic E-state index is -4.43. The van der Waals surface area contributed by atoms with E-state index in [1.54, 1.807) is 4.72 Å². The van der Waals surface area contributed by atoms with E-state index in [2.05, 4.69) is 14.2 Å². The van der Waals surface area contributed by atoms with Gasteiger partial charge in [-0.15, -0.1) is 0 Å². The maximum Gasteiger partial charge on any atom is 0.344 e. The maximum atomic E-state index is 14.2. The molecule has 430 valence electrons. The molecule has 0 bridgehead atoms. The summed E-state index contributed by atoms with van der Waals surface area (Å²) in [6.07, 6.45) is 1.81. The molecule has 79 heavy (non-hydrogen) atoms. The van der Waals surface area contributed by atoms with Gasteiger partial charge in [0.1, 0.15) is 62.6 Å². The number of carboxylic acids is 2. The number of benzene rings is 5. The fourth-order valence-electron chi connectivity index (χ4n) is 5.31. The Balaban J connectivity index is 0.000000499. The van der Waals surface area contributed by atoms with Gasteiger partial charge in [-0.2, -0.15) is 12.5 Å². The van der Waals surface area contributed by atoms with Crippen molar-refractivity contribution in [1.82, 2.24) is 0 Å². The number of sulfonamides is 3. The third kappa shape index (κ3) is 17.9. The van der Waals surface area contributed by atoms with Gasteiger partial charge < -0.3 is 30.2 Å². The highest BCUT2D eigenvalue weighted by molar-refractivity contribution is 8.09. The van der Waals surface area contributed by atoms with E-state index in [4.69, 9.17) is 15.9 Å². The molecular weight excluding hydrogens is 1170 g/mol. The number of rotatable bonds is 12. The van der Waals surface area contributed by atoms with Gasteiger partial charge >= 0.3 is 41.2 Å². The minimum absolute atomic E-state index is 0.235. The Kier molecular flexibility index (Phi) is 23.8. The average Bonchev–Trinajstić information content (AvgIpc) is 3.31. The summed E-state index contributed by atoms with van der Waals surface area (Å²) in [5.74, 6) is -21.0. The number of methoxy groups -OCH3 is 3. The Bertz CT molecular complexity index is 3570. The van der Waals surface area contributed by atoms with Crippen LogP contribution in [-0.4, -0.2) is 115 Å². The number of hydrogen-bond acceptors (Lipinski definition) is 19. The first-order valence-corrected chi connectivity index (χ1v) is 25.1. The number of nitro benzene ring substituents is 2. The van der Waals surface area contributed by atoms with E-state index in [0.717, 1.165) is 45.8 Å². The molecule has 0 fully saturated rings. The second-order valence-corrected chi connectivity index (χ2v) is 19.7. The summed E-state index contributed by atoms with van der Waals surface area (Å²) in [5, 5.41) is 37.3. The molecule has 0 unspecified atom stereocenters. The Morgan fingerprint density at radius 1 is 0.494 bits per heavy atom. The Labute approximate surface area is 435 Å². The number of nitrogens with one attached hydrogen (secondary N) is 1. The van der Waals surface area contributed by atoms with Crippen LogP contribution in [0.2, 0.25) is 0 Å². The van der Waals surface area contributed by atoms with Crippen LogP contribution in [0.3, 0.4) is 0 Å². The van der Waals surface area contributed by atoms with E-state index in [-0.39, 0.29) is 9.40 Å². The van der Waals surface area contributed by atoms with Gasteiger partial charge in [-0.3, -0.25) is 25.0 Å². The van der Waals surface area contributed by atoms with E-state index >= 15 is 0 Å². The van der Waals surface area contributed by atoms with Crippen molar-refractivity contribution in [3.63, 3.8) is 0 Å². The molecule has 0 aliphatic carbocycles. The van der Waals surface area contributed by atoms with Gasteiger partial charge in [0, 0.05) is 12.1 Å². The smallest absolute Gasteiger partial charge is 0.344 e. The van der Waals surface area contributed by atoms with Crippen LogP contribution < -0.4 is 14.2 Å². The number of anilines is 3. The van der Waals surface area contributed by atoms with Crippen molar-refractivity contribution in [2.24, 2.45) is 0 Å². The number of carbonyl (C=O) groups excluding carboxylic acids is 3. The zero-order chi connectivity index (χ0) is 61.6. The number of aromatic carboxylic acids is 2. The number of nitrogens with zero attached hydrogens (tertiary/aromatic N) is 3. The molecule has 5 aromatic rings. The second kappa shape index (κ2) is 27.7. The third-order valence-electron chi connectivity index (χ3n) is 8.51. The molecule has 0 aromatic heterocycles. The summed E-state index contributed by atoms with van der Waals surface area (Å²) in [5.41, 5.74) is -4.34. The van der Waals surface area contributed by atoms with Crippen molar-refractivity contribution >= 4 is 88.4 Å². The number of ether oxygens (including phenoxy) is 3. The monoisotopic (exact) mass is 1200 g/mol. The van der Waals surface area contributed by atoms with E-state index in [1.807, 2.05) is 0 Å². The van der Waals surface area contributed by atoms with Crippen molar-refractivity contribution in [3.8, 4) is 0 Å². The molecule has 0 heterocycles. The number of hydrogen-bond donors (Lipinski definition) is 4. The standard InChI is InChI=1S/C10H11F2NO6S2.C8H7F2NO4S.C8H5F2NO4.C8H7F2NO2.C7H3F2NO4/c1-19-10(14)8-6(11)4-5-7(9(8)12)13(20(2,15)16)21(3,17)18;1-16(14,15)11-5-3-2-4(9)6(7(5)10)8(12)13;1-15-8(12)6-4(9)2-3-5(7(6)10)11(13)14;1-13-8(12)6-4(9)2-3-5(11)7(6)10;8-3-1-2-4(10(13)14)6(9)5(3)7(11)12/h4-5H,1-3H3;2-3,11H,1H3,(H,12,13);2-3H,1H3;2-3H,11H2,1H3;1-2H,(H,11,12). The predicted molar refractivity (Wildman–Crippen MR) is 248 cm³/mol. The molecule has 25 nitrogen and oxygen atoms in total. The number of carbonyl (C=O) groups is 5. The summed E-state index contributed by atoms with van der Waals surface area (Å²) < 4.78 is 213. The van der Waals surface area contributed by atoms with Crippen LogP contribution in [0.25, 0.3) is 0 Å². The van der Waals surface area contributed by atoms with Gasteiger partial charge in [0.25, 0.3) is 0 Å². The normalized spacial score (nSPS) is 10.7. The summed E-state index contributed by atoms with van der Waals surface area (Å²) in [7, 11) is -9.81. The van der Waals surface area contributed by atoms with Crippen molar-refractivity contribution in [3.05, 3.63) is 167 Å². The highest BCUT2D eigenvalue weighted by Gasteiger charge is 2.34. The lowest BCUT2D eigenvalue weighted by Gasteiger charge is -2.21. The van der Waals surface area contributed by atoms with Crippen LogP contribution in [0.4, 0.5) is 72.3 Å². The molecule has 0 aliphatic heterocycles. The largest absolute Gasteiger partial charge is 0.477 e. The summed E-state index contributed by atoms with van der Waals surface area (Å²) >= 11 is 0. The van der Waals surface area contributed by atoms with E-state index in [0.29, 0.717) is 55.0 Å². The summed E-state index contributed by atoms with van der Waals surface area (Å²) in [6.45, 7) is 0. The van der Waals surface area contributed by atoms with Gasteiger partial charge in [-0.25, -0.2) is 84.3 Å². The fraction of sp³-hybridized carbons (Fsp3) is 0.146. The first-order chi connectivity index (χ1) is 36.1. The van der Waals surface area contributed by atoms with Crippen molar-refractivity contribution in [2.75, 3.05) is 54.3 Å². The molecule has 0 atom stereocenters. The average molecular weight is 1200 g/mol. The lowest BCUT2D eigenvalue weighted by atomic mass is 10.1. The quantitative estimate of drug-likeness (QED) is 0.0275. The Morgan fingerprint density at radius 2 is 0.797 bits per heavy atom. The van der Waals surface area contributed by atoms with Crippen LogP contribution >= 0.6 is 0 Å². The Morgan fingerprint density at radius 3 is 1.14 bits per heavy atom. The highest BCUT2D eigenvalue weighted by atomic mass is 32.3. The summed E-state index contributed by atoms with van der Waals surface area (Å²) in [4.78, 5) is 72.1. The highest BCUT2D eigenvalue weighted by Crippen LogP contribution is 2.30. The SMILES string of the molecule is COC(=O)c1c(F)ccc(N(S(C)(=O)=O)S(C)(=O)=O)c1F.COC(=O)c1c(F)ccc(N)c1F.COC(=O)c1c(F)ccc([N+](=O)[O-])c1F.CS(=O)(=O)Nc1ccc(F)c(C(=O)O)c1F.O=C(O)c1c(F)ccc([N+](=O)[O-])c1F. The maximum absolute atomic E-state index is 14.2. The summed E-state index contributed by atoms with van der Waals surface area (Å²) in [6, 6.07) is 6.94. The van der Waals surface area contributed by atoms with Crippen LogP contribution in [0, 0.1) is 78.4 Å². The van der Waals surface area contributed by atoms with E-state index in [1.165, 1.54) is 0 Å². The molecule has 5 N–H and O–H groups in total. The van der Waals surface area contributed by atoms with Crippen LogP contribution in [0.5, 0.6) is 0 Å². The molecule has 5 aromatic carbocycles. The number of nitro groups is 2. The van der Waals surface area contributed by atoms with Crippen molar-refractivity contribution < 1.29 is 127 Å². The van der Waals surface area contributed by atoms with Gasteiger partial charge in [0.2, 0.25) is 41.7 Å². The lowest BCUT2D eigenvalue weighted by Crippen LogP contribution is -2.36. The first kappa shape index (κ1) is 67.8. The predicted octanol–water partition coefficient (Wildman–Crippen LogP) is 6.08. The van der Waals surface area contributed by atoms with E-state index < -0.39 is 179 Å². The van der Waals surface area contributed by atoms with Gasteiger partial charge in [-0.05, 0) is 48.5 Å². The molecule has 38 heteroatoms. The number of esters is 3. The molecule has 0 saturated carbocycles. The molecule has 0 amide bonds. The lowest BCUT2D eigenvalue weighted by molar-refractivity contribution is -0.387. The topological polar surface area (TPSA) is 383 Å².